The molecule has 1 heterocycles. The first kappa shape index (κ1) is 10.9. The molecule has 1 aliphatic rings. The molecule has 1 unspecified atom stereocenters. The van der Waals surface area contributed by atoms with E-state index < -0.39 is 7.14 Å². The van der Waals surface area contributed by atoms with Crippen LogP contribution in [0.2, 0.25) is 0 Å². The second kappa shape index (κ2) is 4.11. The Morgan fingerprint density at radius 2 is 2.07 bits per heavy atom. The van der Waals surface area contributed by atoms with Crippen molar-refractivity contribution in [2.24, 2.45) is 0 Å². The quantitative estimate of drug-likeness (QED) is 0.777. The first-order chi connectivity index (χ1) is 7.09. The Kier molecular flexibility index (Phi) is 2.99. The molecule has 2 rings (SSSR count). The Morgan fingerprint density at radius 1 is 1.33 bits per heavy atom. The number of hydrogen-bond donors (Lipinski definition) is 1. The van der Waals surface area contributed by atoms with Gasteiger partial charge in [0.05, 0.1) is 0 Å². The summed E-state index contributed by atoms with van der Waals surface area (Å²) in [5.74, 6) is 0.550. The molecule has 1 aromatic carbocycles. The maximum absolute atomic E-state index is 12.2. The van der Waals surface area contributed by atoms with E-state index in [1.54, 1.807) is 0 Å². The average molecular weight is 223 g/mol. The molecule has 0 aliphatic carbocycles. The van der Waals surface area contributed by atoms with Crippen LogP contribution in [0.15, 0.2) is 24.3 Å². The van der Waals surface area contributed by atoms with Crippen LogP contribution in [0.4, 0.5) is 0 Å². The summed E-state index contributed by atoms with van der Waals surface area (Å²) in [6.07, 6.45) is 1.16. The fraction of sp³-hybridized carbons (Fsp3) is 0.500. The number of rotatable bonds is 2. The van der Waals surface area contributed by atoms with Crippen LogP contribution in [0.5, 0.6) is 0 Å². The van der Waals surface area contributed by atoms with Crippen LogP contribution in [-0.4, -0.2) is 26.4 Å². The highest BCUT2D eigenvalue weighted by Crippen LogP contribution is 2.38. The van der Waals surface area contributed by atoms with Crippen molar-refractivity contribution in [3.63, 3.8) is 0 Å². The lowest BCUT2D eigenvalue weighted by atomic mass is 9.98. The third kappa shape index (κ3) is 2.32. The molecule has 1 aliphatic heterocycles. The average Bonchev–Trinajstić information content (AvgIpc) is 2.69. The highest BCUT2D eigenvalue weighted by molar-refractivity contribution is 7.70. The van der Waals surface area contributed by atoms with Gasteiger partial charge in [-0.05, 0) is 37.8 Å². The van der Waals surface area contributed by atoms with Crippen molar-refractivity contribution in [1.82, 2.24) is 5.32 Å². The number of hydrogen-bond acceptors (Lipinski definition) is 2. The SMILES string of the molecule is CP(C)(=O)c1ccccc1C1CCNC1. The van der Waals surface area contributed by atoms with Gasteiger partial charge in [0, 0.05) is 11.8 Å². The lowest BCUT2D eigenvalue weighted by molar-refractivity contribution is 0.588. The minimum Gasteiger partial charge on any atom is -0.319 e. The van der Waals surface area contributed by atoms with Gasteiger partial charge in [0.15, 0.2) is 0 Å². The van der Waals surface area contributed by atoms with E-state index in [0.717, 1.165) is 24.8 Å². The summed E-state index contributed by atoms with van der Waals surface area (Å²) in [6, 6.07) is 8.19. The molecule has 0 amide bonds. The lowest BCUT2D eigenvalue weighted by Crippen LogP contribution is -2.16. The highest BCUT2D eigenvalue weighted by atomic mass is 31.2. The second-order valence-electron chi connectivity index (χ2n) is 4.60. The van der Waals surface area contributed by atoms with Gasteiger partial charge in [-0.15, -0.1) is 0 Å². The summed E-state index contributed by atoms with van der Waals surface area (Å²) in [4.78, 5) is 0. The molecule has 2 nitrogen and oxygen atoms in total. The van der Waals surface area contributed by atoms with Gasteiger partial charge in [-0.3, -0.25) is 0 Å². The molecule has 1 fully saturated rings. The van der Waals surface area contributed by atoms with Crippen LogP contribution in [0.25, 0.3) is 0 Å². The first-order valence-electron chi connectivity index (χ1n) is 5.44. The zero-order valence-corrected chi connectivity index (χ0v) is 10.3. The van der Waals surface area contributed by atoms with E-state index in [-0.39, 0.29) is 0 Å². The Balaban J connectivity index is 2.42. The van der Waals surface area contributed by atoms with Crippen molar-refractivity contribution < 1.29 is 4.57 Å². The Bertz CT molecular complexity index is 390. The number of nitrogens with one attached hydrogen (secondary N) is 1. The van der Waals surface area contributed by atoms with E-state index >= 15 is 0 Å². The summed E-state index contributed by atoms with van der Waals surface area (Å²) in [5, 5.41) is 4.43. The van der Waals surface area contributed by atoms with Crippen LogP contribution < -0.4 is 10.6 Å². The standard InChI is InChI=1S/C12H18NOP/c1-15(2,14)12-6-4-3-5-11(12)10-7-8-13-9-10/h3-6,10,13H,7-9H2,1-2H3. The normalized spacial score (nSPS) is 21.9. The molecule has 1 aromatic rings. The van der Waals surface area contributed by atoms with Crippen molar-refractivity contribution in [2.45, 2.75) is 12.3 Å². The summed E-state index contributed by atoms with van der Waals surface area (Å²) in [6.45, 7) is 5.82. The predicted molar refractivity (Wildman–Crippen MR) is 65.8 cm³/mol. The van der Waals surface area contributed by atoms with Gasteiger partial charge in [0.2, 0.25) is 0 Å². The summed E-state index contributed by atoms with van der Waals surface area (Å²) in [7, 11) is -2.14. The predicted octanol–water partition coefficient (Wildman–Crippen LogP) is 2.01. The Hall–Kier alpha value is -0.590. The van der Waals surface area contributed by atoms with Gasteiger partial charge in [-0.2, -0.15) is 0 Å². The van der Waals surface area contributed by atoms with Gasteiger partial charge >= 0.3 is 0 Å². The zero-order valence-electron chi connectivity index (χ0n) is 9.36. The van der Waals surface area contributed by atoms with Gasteiger partial charge in [-0.25, -0.2) is 0 Å². The van der Waals surface area contributed by atoms with Gasteiger partial charge in [0.25, 0.3) is 0 Å². The molecule has 1 N–H and O–H groups in total. The first-order valence-corrected chi connectivity index (χ1v) is 8.04. The third-order valence-electron chi connectivity index (χ3n) is 3.02. The molecule has 15 heavy (non-hydrogen) atoms. The lowest BCUT2D eigenvalue weighted by Gasteiger charge is -2.17. The van der Waals surface area contributed by atoms with Crippen molar-refractivity contribution >= 4 is 12.4 Å². The molecule has 0 spiro atoms. The molecule has 1 atom stereocenters. The van der Waals surface area contributed by atoms with Crippen molar-refractivity contribution in [2.75, 3.05) is 26.4 Å². The largest absolute Gasteiger partial charge is 0.319 e. The maximum atomic E-state index is 12.2. The second-order valence-corrected chi connectivity index (χ2v) is 7.78. The molecule has 82 valence electrons. The van der Waals surface area contributed by atoms with Crippen molar-refractivity contribution in [3.05, 3.63) is 29.8 Å². The molecule has 0 saturated carbocycles. The Labute approximate surface area is 91.5 Å². The van der Waals surface area contributed by atoms with Crippen LogP contribution in [-0.2, 0) is 4.57 Å². The van der Waals surface area contributed by atoms with E-state index in [9.17, 15) is 4.57 Å². The smallest absolute Gasteiger partial charge is 0.110 e. The van der Waals surface area contributed by atoms with Crippen molar-refractivity contribution in [1.29, 1.82) is 0 Å². The van der Waals surface area contributed by atoms with E-state index in [0.29, 0.717) is 5.92 Å². The highest BCUT2D eigenvalue weighted by Gasteiger charge is 2.23. The summed E-state index contributed by atoms with van der Waals surface area (Å²) < 4.78 is 12.2. The van der Waals surface area contributed by atoms with Crippen LogP contribution in [0.1, 0.15) is 17.9 Å². The third-order valence-corrected chi connectivity index (χ3v) is 4.58. The van der Waals surface area contributed by atoms with Crippen LogP contribution >= 0.6 is 7.14 Å². The van der Waals surface area contributed by atoms with Gasteiger partial charge < -0.3 is 9.88 Å². The summed E-state index contributed by atoms with van der Waals surface area (Å²) >= 11 is 0. The molecule has 3 heteroatoms. The van der Waals surface area contributed by atoms with E-state index in [2.05, 4.69) is 11.4 Å². The minimum atomic E-state index is -2.14. The van der Waals surface area contributed by atoms with E-state index in [4.69, 9.17) is 0 Å². The summed E-state index contributed by atoms with van der Waals surface area (Å²) in [5.41, 5.74) is 1.29. The number of benzene rings is 1. The monoisotopic (exact) mass is 223 g/mol. The molecule has 0 aromatic heterocycles. The molecule has 0 radical (unpaired) electrons. The zero-order chi connectivity index (χ0) is 10.9. The van der Waals surface area contributed by atoms with Crippen LogP contribution in [0, 0.1) is 0 Å². The Morgan fingerprint density at radius 3 is 2.67 bits per heavy atom. The molecular formula is C12H18NOP. The fourth-order valence-corrected chi connectivity index (χ4v) is 3.57. The molecule has 1 saturated heterocycles. The van der Waals surface area contributed by atoms with E-state index in [1.807, 2.05) is 31.5 Å². The minimum absolute atomic E-state index is 0.550. The van der Waals surface area contributed by atoms with Gasteiger partial charge in [0.1, 0.15) is 7.14 Å². The molecule has 0 bridgehead atoms. The molecular weight excluding hydrogens is 205 g/mol. The topological polar surface area (TPSA) is 29.1 Å². The van der Waals surface area contributed by atoms with Crippen molar-refractivity contribution in [3.8, 4) is 0 Å². The maximum Gasteiger partial charge on any atom is 0.110 e. The van der Waals surface area contributed by atoms with E-state index in [1.165, 1.54) is 5.56 Å². The fourth-order valence-electron chi connectivity index (χ4n) is 2.24. The van der Waals surface area contributed by atoms with Crippen LogP contribution in [0.3, 0.4) is 0 Å². The van der Waals surface area contributed by atoms with Gasteiger partial charge in [-0.1, -0.05) is 24.3 Å².